The molecule has 0 aliphatic carbocycles. The van der Waals surface area contributed by atoms with Crippen molar-refractivity contribution >= 4 is 11.3 Å². The Bertz CT molecular complexity index is 600. The second kappa shape index (κ2) is 5.47. The van der Waals surface area contributed by atoms with E-state index >= 15 is 0 Å². The number of rotatable bonds is 4. The lowest BCUT2D eigenvalue weighted by Gasteiger charge is -2.24. The van der Waals surface area contributed by atoms with Crippen LogP contribution in [-0.4, -0.2) is 4.98 Å². The zero-order valence-electron chi connectivity index (χ0n) is 10.8. The zero-order valence-corrected chi connectivity index (χ0v) is 11.6. The summed E-state index contributed by atoms with van der Waals surface area (Å²) in [5, 5.41) is 15.0. The lowest BCUT2D eigenvalue weighted by atomic mass is 10.1. The molecule has 1 aromatic carbocycles. The summed E-state index contributed by atoms with van der Waals surface area (Å²) in [5.41, 5.74) is 0.804. The number of benzene rings is 1. The number of hydrogen-bond acceptors (Lipinski definition) is 4. The third-order valence-electron chi connectivity index (χ3n) is 2.79. The summed E-state index contributed by atoms with van der Waals surface area (Å²) in [6.45, 7) is 4.53. The van der Waals surface area contributed by atoms with Crippen molar-refractivity contribution in [2.75, 3.05) is 0 Å². The van der Waals surface area contributed by atoms with Crippen molar-refractivity contribution in [1.82, 2.24) is 10.3 Å². The minimum absolute atomic E-state index is 0.284. The average Bonchev–Trinajstić information content (AvgIpc) is 2.90. The number of nitrogens with zero attached hydrogens (tertiary/aromatic N) is 2. The van der Waals surface area contributed by atoms with Crippen LogP contribution in [0.2, 0.25) is 0 Å². The van der Waals surface area contributed by atoms with Gasteiger partial charge in [0.1, 0.15) is 10.8 Å². The molecule has 98 valence electrons. The molecule has 0 spiro atoms. The standard InChI is InChI=1S/C14H14FN3S/c1-14(2,13-17-3-4-19-13)18-9-11-5-10(8-16)6-12(15)7-11/h3-7,18H,9H2,1-2H3. The van der Waals surface area contributed by atoms with Gasteiger partial charge in [-0.2, -0.15) is 5.26 Å². The average molecular weight is 275 g/mol. The molecule has 1 heterocycles. The molecule has 0 unspecified atom stereocenters. The summed E-state index contributed by atoms with van der Waals surface area (Å²) >= 11 is 1.58. The third-order valence-corrected chi connectivity index (χ3v) is 3.88. The molecular formula is C14H14FN3S. The maximum absolute atomic E-state index is 13.3. The second-order valence-electron chi connectivity index (χ2n) is 4.78. The Morgan fingerprint density at radius 1 is 1.42 bits per heavy atom. The topological polar surface area (TPSA) is 48.7 Å². The number of hydrogen-bond donors (Lipinski definition) is 1. The van der Waals surface area contributed by atoms with E-state index in [1.54, 1.807) is 23.6 Å². The number of aromatic nitrogens is 1. The molecule has 19 heavy (non-hydrogen) atoms. The fourth-order valence-electron chi connectivity index (χ4n) is 1.75. The van der Waals surface area contributed by atoms with Crippen molar-refractivity contribution in [2.24, 2.45) is 0 Å². The molecule has 5 heteroatoms. The molecule has 0 saturated carbocycles. The van der Waals surface area contributed by atoms with Gasteiger partial charge in [-0.3, -0.25) is 0 Å². The van der Waals surface area contributed by atoms with Gasteiger partial charge in [0, 0.05) is 18.1 Å². The Morgan fingerprint density at radius 3 is 2.84 bits per heavy atom. The van der Waals surface area contributed by atoms with Crippen LogP contribution in [0.25, 0.3) is 0 Å². The van der Waals surface area contributed by atoms with Gasteiger partial charge in [0.25, 0.3) is 0 Å². The van der Waals surface area contributed by atoms with E-state index in [-0.39, 0.29) is 11.4 Å². The quantitative estimate of drug-likeness (QED) is 0.932. The molecule has 0 amide bonds. The fourth-order valence-corrected chi connectivity index (χ4v) is 2.49. The maximum Gasteiger partial charge on any atom is 0.124 e. The van der Waals surface area contributed by atoms with Gasteiger partial charge in [-0.1, -0.05) is 0 Å². The molecule has 0 atom stereocenters. The summed E-state index contributed by atoms with van der Waals surface area (Å²) in [5.74, 6) is -0.386. The van der Waals surface area contributed by atoms with Gasteiger partial charge in [-0.25, -0.2) is 9.37 Å². The first-order valence-corrected chi connectivity index (χ1v) is 6.74. The van der Waals surface area contributed by atoms with Crippen LogP contribution in [-0.2, 0) is 12.1 Å². The van der Waals surface area contributed by atoms with E-state index in [0.29, 0.717) is 12.1 Å². The third kappa shape index (κ3) is 3.37. The Labute approximate surface area is 115 Å². The van der Waals surface area contributed by atoms with Gasteiger partial charge >= 0.3 is 0 Å². The minimum Gasteiger partial charge on any atom is -0.302 e. The van der Waals surface area contributed by atoms with Crippen LogP contribution in [0.1, 0.15) is 30.0 Å². The highest BCUT2D eigenvalue weighted by Gasteiger charge is 2.22. The summed E-state index contributed by atoms with van der Waals surface area (Å²) in [6, 6.07) is 6.31. The molecule has 0 bridgehead atoms. The van der Waals surface area contributed by atoms with E-state index in [9.17, 15) is 4.39 Å². The first kappa shape index (κ1) is 13.7. The highest BCUT2D eigenvalue weighted by Crippen LogP contribution is 2.22. The largest absolute Gasteiger partial charge is 0.302 e. The van der Waals surface area contributed by atoms with Crippen molar-refractivity contribution < 1.29 is 4.39 Å². The first-order valence-electron chi connectivity index (χ1n) is 5.86. The second-order valence-corrected chi connectivity index (χ2v) is 5.67. The minimum atomic E-state index is -0.386. The molecule has 0 saturated heterocycles. The van der Waals surface area contributed by atoms with Gasteiger partial charge in [-0.15, -0.1) is 11.3 Å². The number of halogens is 1. The van der Waals surface area contributed by atoms with Crippen molar-refractivity contribution in [3.05, 3.63) is 51.7 Å². The van der Waals surface area contributed by atoms with Gasteiger partial charge < -0.3 is 5.32 Å². The number of nitriles is 1. The van der Waals surface area contributed by atoms with Crippen molar-refractivity contribution in [3.63, 3.8) is 0 Å². The molecule has 0 fully saturated rings. The molecule has 0 radical (unpaired) electrons. The van der Waals surface area contributed by atoms with Crippen molar-refractivity contribution in [3.8, 4) is 6.07 Å². The van der Waals surface area contributed by atoms with Crippen LogP contribution in [0.4, 0.5) is 4.39 Å². The predicted molar refractivity (Wildman–Crippen MR) is 73.1 cm³/mol. The van der Waals surface area contributed by atoms with Crippen LogP contribution >= 0.6 is 11.3 Å². The summed E-state index contributed by atoms with van der Waals surface area (Å²) in [4.78, 5) is 4.28. The van der Waals surface area contributed by atoms with E-state index in [0.717, 1.165) is 10.6 Å². The van der Waals surface area contributed by atoms with Gasteiger partial charge in [0.05, 0.1) is 17.2 Å². The van der Waals surface area contributed by atoms with E-state index in [2.05, 4.69) is 10.3 Å². The zero-order chi connectivity index (χ0) is 13.9. The lowest BCUT2D eigenvalue weighted by molar-refractivity contribution is 0.399. The van der Waals surface area contributed by atoms with Gasteiger partial charge in [0.2, 0.25) is 0 Å². The Balaban J connectivity index is 2.11. The normalized spacial score (nSPS) is 11.3. The molecule has 2 aromatic rings. The van der Waals surface area contributed by atoms with Crippen LogP contribution in [0.3, 0.4) is 0 Å². The predicted octanol–water partition coefficient (Wildman–Crippen LogP) is 3.18. The van der Waals surface area contributed by atoms with Crippen LogP contribution in [0, 0.1) is 17.1 Å². The monoisotopic (exact) mass is 275 g/mol. The van der Waals surface area contributed by atoms with Crippen LogP contribution in [0.15, 0.2) is 29.8 Å². The van der Waals surface area contributed by atoms with Gasteiger partial charge in [-0.05, 0) is 37.6 Å². The Hall–Kier alpha value is -1.77. The summed E-state index contributed by atoms with van der Waals surface area (Å²) in [6.07, 6.45) is 1.76. The smallest absolute Gasteiger partial charge is 0.124 e. The molecule has 0 aliphatic rings. The number of nitrogens with one attached hydrogen (secondary N) is 1. The van der Waals surface area contributed by atoms with Gasteiger partial charge in [0.15, 0.2) is 0 Å². The summed E-state index contributed by atoms with van der Waals surface area (Å²) in [7, 11) is 0. The molecule has 0 aliphatic heterocycles. The highest BCUT2D eigenvalue weighted by atomic mass is 32.1. The van der Waals surface area contributed by atoms with E-state index in [1.807, 2.05) is 25.3 Å². The lowest BCUT2D eigenvalue weighted by Crippen LogP contribution is -2.35. The van der Waals surface area contributed by atoms with E-state index in [4.69, 9.17) is 5.26 Å². The van der Waals surface area contributed by atoms with Crippen molar-refractivity contribution in [1.29, 1.82) is 5.26 Å². The molecule has 2 rings (SSSR count). The van der Waals surface area contributed by atoms with Crippen LogP contribution in [0.5, 0.6) is 0 Å². The first-order chi connectivity index (χ1) is 9.01. The van der Waals surface area contributed by atoms with E-state index in [1.165, 1.54) is 12.1 Å². The molecular weight excluding hydrogens is 261 g/mol. The van der Waals surface area contributed by atoms with Crippen LogP contribution < -0.4 is 5.32 Å². The molecule has 1 N–H and O–H groups in total. The summed E-state index contributed by atoms with van der Waals surface area (Å²) < 4.78 is 13.3. The Kier molecular flexibility index (Phi) is 3.93. The van der Waals surface area contributed by atoms with Crippen molar-refractivity contribution in [2.45, 2.75) is 25.9 Å². The molecule has 3 nitrogen and oxygen atoms in total. The fraction of sp³-hybridized carbons (Fsp3) is 0.286. The highest BCUT2D eigenvalue weighted by molar-refractivity contribution is 7.09. The van der Waals surface area contributed by atoms with E-state index < -0.39 is 0 Å². The SMILES string of the molecule is CC(C)(NCc1cc(F)cc(C#N)c1)c1nccs1. The Morgan fingerprint density at radius 2 is 2.21 bits per heavy atom. The number of thiazole rings is 1. The molecule has 1 aromatic heterocycles. The maximum atomic E-state index is 13.3.